The smallest absolute Gasteiger partial charge is 0.243 e. The van der Waals surface area contributed by atoms with Crippen molar-refractivity contribution >= 4 is 17.5 Å². The van der Waals surface area contributed by atoms with Crippen LogP contribution in [0.2, 0.25) is 5.02 Å². The summed E-state index contributed by atoms with van der Waals surface area (Å²) in [5, 5.41) is 16.3. The van der Waals surface area contributed by atoms with Gasteiger partial charge in [-0.05, 0) is 52.6 Å². The molecule has 5 nitrogen and oxygen atoms in total. The Balaban J connectivity index is 1.75. The molecule has 0 saturated heterocycles. The molecule has 1 aliphatic rings. The van der Waals surface area contributed by atoms with Gasteiger partial charge in [0.2, 0.25) is 5.95 Å². The molecule has 6 heteroatoms. The largest absolute Gasteiger partial charge is 0.346 e. The normalized spacial score (nSPS) is 19.9. The topological polar surface area (TPSA) is 55.6 Å². The number of aryl methyl sites for hydroxylation is 1. The van der Waals surface area contributed by atoms with Gasteiger partial charge in [-0.15, -0.1) is 0 Å². The molecular weight excluding hydrogens is 310 g/mol. The minimum atomic E-state index is 0.114. The van der Waals surface area contributed by atoms with E-state index in [1.807, 2.05) is 28.9 Å². The van der Waals surface area contributed by atoms with Gasteiger partial charge in [0.05, 0.1) is 12.1 Å². The van der Waals surface area contributed by atoms with E-state index in [2.05, 4.69) is 52.0 Å². The lowest BCUT2D eigenvalue weighted by Crippen LogP contribution is -2.28. The highest BCUT2D eigenvalue weighted by atomic mass is 35.5. The van der Waals surface area contributed by atoms with Gasteiger partial charge in [-0.25, -0.2) is 4.68 Å². The summed E-state index contributed by atoms with van der Waals surface area (Å²) in [6, 6.07) is 16.6. The molecule has 116 valence electrons. The average molecular weight is 326 g/mol. The Labute approximate surface area is 139 Å². The third-order valence-corrected chi connectivity index (χ3v) is 4.62. The fourth-order valence-electron chi connectivity index (χ4n) is 3.17. The number of anilines is 1. The van der Waals surface area contributed by atoms with Crippen LogP contribution in [-0.2, 0) is 0 Å². The zero-order valence-corrected chi connectivity index (χ0v) is 13.4. The van der Waals surface area contributed by atoms with Crippen LogP contribution in [0.25, 0.3) is 0 Å². The van der Waals surface area contributed by atoms with E-state index in [9.17, 15) is 0 Å². The Morgan fingerprint density at radius 3 is 2.70 bits per heavy atom. The SMILES string of the molecule is Cc1ccccc1C1CC(c2ccc(Cl)cc2)Nc2nnnn21. The molecule has 0 amide bonds. The lowest BCUT2D eigenvalue weighted by molar-refractivity contribution is 0.422. The fraction of sp³-hybridized carbons (Fsp3) is 0.235. The number of benzene rings is 2. The summed E-state index contributed by atoms with van der Waals surface area (Å²) in [5.41, 5.74) is 3.68. The van der Waals surface area contributed by atoms with E-state index in [1.54, 1.807) is 0 Å². The van der Waals surface area contributed by atoms with E-state index in [0.29, 0.717) is 5.95 Å². The highest BCUT2D eigenvalue weighted by Crippen LogP contribution is 2.38. The number of nitrogens with zero attached hydrogens (tertiary/aromatic N) is 4. The van der Waals surface area contributed by atoms with Crippen LogP contribution in [0, 0.1) is 6.92 Å². The van der Waals surface area contributed by atoms with Crippen molar-refractivity contribution in [1.82, 2.24) is 20.2 Å². The first-order chi connectivity index (χ1) is 11.2. The monoisotopic (exact) mass is 325 g/mol. The number of nitrogens with one attached hydrogen (secondary N) is 1. The molecule has 1 aromatic heterocycles. The molecule has 0 radical (unpaired) electrons. The summed E-state index contributed by atoms with van der Waals surface area (Å²) in [7, 11) is 0. The zero-order chi connectivity index (χ0) is 15.8. The van der Waals surface area contributed by atoms with Crippen molar-refractivity contribution in [3.8, 4) is 0 Å². The van der Waals surface area contributed by atoms with Crippen molar-refractivity contribution in [2.24, 2.45) is 0 Å². The quantitative estimate of drug-likeness (QED) is 0.779. The molecular formula is C17H16ClN5. The van der Waals surface area contributed by atoms with E-state index in [1.165, 1.54) is 16.7 Å². The highest BCUT2D eigenvalue weighted by molar-refractivity contribution is 6.30. The Bertz CT molecular complexity index is 827. The van der Waals surface area contributed by atoms with Crippen molar-refractivity contribution in [1.29, 1.82) is 0 Å². The molecule has 0 aliphatic carbocycles. The second-order valence-corrected chi connectivity index (χ2v) is 6.24. The summed E-state index contributed by atoms with van der Waals surface area (Å²) < 4.78 is 1.87. The number of hydrogen-bond acceptors (Lipinski definition) is 4. The van der Waals surface area contributed by atoms with Crippen molar-refractivity contribution in [2.45, 2.75) is 25.4 Å². The third kappa shape index (κ3) is 2.57. The van der Waals surface area contributed by atoms with Gasteiger partial charge >= 0.3 is 0 Å². The van der Waals surface area contributed by atoms with Crippen molar-refractivity contribution in [3.05, 3.63) is 70.2 Å². The zero-order valence-electron chi connectivity index (χ0n) is 12.6. The third-order valence-electron chi connectivity index (χ3n) is 4.37. The lowest BCUT2D eigenvalue weighted by Gasteiger charge is -2.31. The van der Waals surface area contributed by atoms with Gasteiger partial charge < -0.3 is 5.32 Å². The van der Waals surface area contributed by atoms with E-state index in [0.717, 1.165) is 11.4 Å². The maximum absolute atomic E-state index is 6.00. The first-order valence-corrected chi connectivity index (χ1v) is 7.95. The summed E-state index contributed by atoms with van der Waals surface area (Å²) in [5.74, 6) is 0.699. The second-order valence-electron chi connectivity index (χ2n) is 5.80. The van der Waals surface area contributed by atoms with Gasteiger partial charge in [0.15, 0.2) is 0 Å². The number of hydrogen-bond donors (Lipinski definition) is 1. The van der Waals surface area contributed by atoms with Gasteiger partial charge in [0.1, 0.15) is 0 Å². The number of fused-ring (bicyclic) bond motifs is 1. The van der Waals surface area contributed by atoms with Crippen LogP contribution in [0.4, 0.5) is 5.95 Å². The molecule has 0 bridgehead atoms. The molecule has 1 N–H and O–H groups in total. The van der Waals surface area contributed by atoms with E-state index >= 15 is 0 Å². The second kappa shape index (κ2) is 5.66. The fourth-order valence-corrected chi connectivity index (χ4v) is 3.30. The van der Waals surface area contributed by atoms with E-state index < -0.39 is 0 Å². The molecule has 2 aromatic carbocycles. The summed E-state index contributed by atoms with van der Waals surface area (Å²) >= 11 is 6.00. The van der Waals surface area contributed by atoms with E-state index in [-0.39, 0.29) is 12.1 Å². The summed E-state index contributed by atoms with van der Waals surface area (Å²) in [6.45, 7) is 2.12. The van der Waals surface area contributed by atoms with Crippen LogP contribution in [0.1, 0.15) is 35.2 Å². The van der Waals surface area contributed by atoms with Crippen LogP contribution in [0.15, 0.2) is 48.5 Å². The molecule has 2 heterocycles. The minimum Gasteiger partial charge on any atom is -0.346 e. The Hall–Kier alpha value is -2.40. The lowest BCUT2D eigenvalue weighted by atomic mass is 9.91. The molecule has 1 aliphatic heterocycles. The molecule has 23 heavy (non-hydrogen) atoms. The van der Waals surface area contributed by atoms with Gasteiger partial charge in [0.25, 0.3) is 0 Å². The Kier molecular flexibility index (Phi) is 3.50. The van der Waals surface area contributed by atoms with Crippen molar-refractivity contribution in [2.75, 3.05) is 5.32 Å². The number of rotatable bonds is 2. The maximum Gasteiger partial charge on any atom is 0.243 e. The molecule has 4 rings (SSSR count). The van der Waals surface area contributed by atoms with Crippen LogP contribution >= 0.6 is 11.6 Å². The molecule has 2 atom stereocenters. The number of halogens is 1. The van der Waals surface area contributed by atoms with Gasteiger partial charge in [0, 0.05) is 5.02 Å². The van der Waals surface area contributed by atoms with Crippen LogP contribution in [0.3, 0.4) is 0 Å². The minimum absolute atomic E-state index is 0.114. The van der Waals surface area contributed by atoms with Gasteiger partial charge in [-0.1, -0.05) is 53.1 Å². The van der Waals surface area contributed by atoms with Gasteiger partial charge in [-0.3, -0.25) is 0 Å². The van der Waals surface area contributed by atoms with Crippen molar-refractivity contribution < 1.29 is 0 Å². The molecule has 0 saturated carbocycles. The van der Waals surface area contributed by atoms with Crippen LogP contribution in [0.5, 0.6) is 0 Å². The molecule has 2 unspecified atom stereocenters. The van der Waals surface area contributed by atoms with E-state index in [4.69, 9.17) is 11.6 Å². The molecule has 0 fully saturated rings. The first kappa shape index (κ1) is 14.2. The standard InChI is InChI=1S/C17H16ClN5/c1-11-4-2-3-5-14(11)16-10-15(12-6-8-13(18)9-7-12)19-17-20-21-22-23(16)17/h2-9,15-16H,10H2,1H3,(H,19,20,22). The Morgan fingerprint density at radius 2 is 1.91 bits per heavy atom. The van der Waals surface area contributed by atoms with Crippen LogP contribution in [-0.4, -0.2) is 20.2 Å². The summed E-state index contributed by atoms with van der Waals surface area (Å²) in [6.07, 6.45) is 0.879. The first-order valence-electron chi connectivity index (χ1n) is 7.58. The number of tetrazole rings is 1. The maximum atomic E-state index is 6.00. The van der Waals surface area contributed by atoms with Crippen molar-refractivity contribution in [3.63, 3.8) is 0 Å². The number of aromatic nitrogens is 4. The average Bonchev–Trinajstić information content (AvgIpc) is 3.04. The summed E-state index contributed by atoms with van der Waals surface area (Å²) in [4.78, 5) is 0. The van der Waals surface area contributed by atoms with Crippen LogP contribution < -0.4 is 5.32 Å². The predicted molar refractivity (Wildman–Crippen MR) is 89.6 cm³/mol. The highest BCUT2D eigenvalue weighted by Gasteiger charge is 2.31. The van der Waals surface area contributed by atoms with Gasteiger partial charge in [-0.2, -0.15) is 0 Å². The Morgan fingerprint density at radius 1 is 1.13 bits per heavy atom. The molecule has 0 spiro atoms. The predicted octanol–water partition coefficient (Wildman–Crippen LogP) is 3.78. The molecule has 3 aromatic rings.